The van der Waals surface area contributed by atoms with Gasteiger partial charge in [0.15, 0.2) is 11.9 Å². The van der Waals surface area contributed by atoms with Gasteiger partial charge >= 0.3 is 11.7 Å². The van der Waals surface area contributed by atoms with Gasteiger partial charge in [-0.3, -0.25) is 10.1 Å². The molecule has 1 aromatic carbocycles. The van der Waals surface area contributed by atoms with Gasteiger partial charge in [0, 0.05) is 6.07 Å². The van der Waals surface area contributed by atoms with Gasteiger partial charge in [0.25, 0.3) is 0 Å². The second-order valence-corrected chi connectivity index (χ2v) is 3.49. The number of hydrogen-bond donors (Lipinski definition) is 0. The lowest BCUT2D eigenvalue weighted by atomic mass is 10.2. The predicted octanol–water partition coefficient (Wildman–Crippen LogP) is 2.32. The zero-order valence-electron chi connectivity index (χ0n) is 10.3. The van der Waals surface area contributed by atoms with Gasteiger partial charge < -0.3 is 9.47 Å². The van der Waals surface area contributed by atoms with Crippen LogP contribution in [-0.2, 0) is 9.53 Å². The summed E-state index contributed by atoms with van der Waals surface area (Å²) in [5.74, 6) is -0.444. The summed E-state index contributed by atoms with van der Waals surface area (Å²) in [5.41, 5.74) is -0.166. The number of carbonyl (C=O) groups is 1. The molecule has 0 radical (unpaired) electrons. The van der Waals surface area contributed by atoms with Crippen LogP contribution < -0.4 is 4.74 Å². The summed E-state index contributed by atoms with van der Waals surface area (Å²) in [6.07, 6.45) is -0.448. The van der Waals surface area contributed by atoms with Gasteiger partial charge in [0.2, 0.25) is 0 Å². The van der Waals surface area contributed by atoms with E-state index >= 15 is 0 Å². The van der Waals surface area contributed by atoms with Crippen molar-refractivity contribution in [1.82, 2.24) is 0 Å². The molecule has 0 aliphatic rings. The fourth-order valence-corrected chi connectivity index (χ4v) is 1.39. The van der Waals surface area contributed by atoms with Crippen LogP contribution in [0, 0.1) is 10.1 Å². The van der Waals surface area contributed by atoms with Crippen molar-refractivity contribution in [3.05, 3.63) is 34.4 Å². The van der Waals surface area contributed by atoms with Crippen LogP contribution >= 0.6 is 0 Å². The highest BCUT2D eigenvalue weighted by atomic mass is 16.6. The molecule has 0 bridgehead atoms. The van der Waals surface area contributed by atoms with Crippen molar-refractivity contribution in [3.8, 4) is 5.75 Å². The molecule has 0 fully saturated rings. The molecule has 98 valence electrons. The van der Waals surface area contributed by atoms with Gasteiger partial charge in [0.1, 0.15) is 0 Å². The number of nitro benzene ring substituents is 1. The lowest BCUT2D eigenvalue weighted by molar-refractivity contribution is -0.386. The maximum Gasteiger partial charge on any atom is 0.347 e. The first kappa shape index (κ1) is 14.0. The van der Waals surface area contributed by atoms with Crippen molar-refractivity contribution in [1.29, 1.82) is 0 Å². The molecule has 0 N–H and O–H groups in total. The van der Waals surface area contributed by atoms with E-state index in [1.54, 1.807) is 19.9 Å². The van der Waals surface area contributed by atoms with E-state index in [4.69, 9.17) is 9.47 Å². The van der Waals surface area contributed by atoms with Crippen molar-refractivity contribution >= 4 is 11.7 Å². The Kier molecular flexibility index (Phi) is 5.10. The zero-order chi connectivity index (χ0) is 13.5. The maximum absolute atomic E-state index is 11.5. The van der Waals surface area contributed by atoms with Crippen LogP contribution in [-0.4, -0.2) is 23.6 Å². The largest absolute Gasteiger partial charge is 0.472 e. The van der Waals surface area contributed by atoms with Gasteiger partial charge in [-0.05, 0) is 19.4 Å². The van der Waals surface area contributed by atoms with Gasteiger partial charge in [-0.2, -0.15) is 0 Å². The number of carbonyl (C=O) groups excluding carboxylic acids is 1. The number of hydrogen-bond acceptors (Lipinski definition) is 5. The first-order chi connectivity index (χ1) is 8.60. The van der Waals surface area contributed by atoms with Gasteiger partial charge in [-0.25, -0.2) is 4.79 Å². The summed E-state index contributed by atoms with van der Waals surface area (Å²) in [6, 6.07) is 5.93. The van der Waals surface area contributed by atoms with Crippen LogP contribution in [0.3, 0.4) is 0 Å². The third kappa shape index (κ3) is 3.44. The summed E-state index contributed by atoms with van der Waals surface area (Å²) < 4.78 is 10.2. The molecule has 1 rings (SSSR count). The van der Waals surface area contributed by atoms with Crippen LogP contribution in [0.15, 0.2) is 24.3 Å². The summed E-state index contributed by atoms with van der Waals surface area (Å²) in [5, 5.41) is 10.8. The standard InChI is InChI=1S/C12H15NO5/c1-3-10(12(14)17-4-2)18-11-8-6-5-7-9(11)13(15)16/h5-8,10H,3-4H2,1-2H3/t10-/m0/s1. The minimum atomic E-state index is -0.828. The van der Waals surface area contributed by atoms with Gasteiger partial charge in [0.05, 0.1) is 11.5 Å². The number of para-hydroxylation sites is 2. The van der Waals surface area contributed by atoms with Crippen LogP contribution in [0.25, 0.3) is 0 Å². The molecular weight excluding hydrogens is 238 g/mol. The van der Waals surface area contributed by atoms with Crippen molar-refractivity contribution < 1.29 is 19.2 Å². The fraction of sp³-hybridized carbons (Fsp3) is 0.417. The predicted molar refractivity (Wildman–Crippen MR) is 64.4 cm³/mol. The fourth-order valence-electron chi connectivity index (χ4n) is 1.39. The van der Waals surface area contributed by atoms with E-state index in [9.17, 15) is 14.9 Å². The van der Waals surface area contributed by atoms with E-state index in [-0.39, 0.29) is 18.0 Å². The van der Waals surface area contributed by atoms with Crippen molar-refractivity contribution in [2.24, 2.45) is 0 Å². The molecule has 0 aromatic heterocycles. The molecule has 0 amide bonds. The topological polar surface area (TPSA) is 78.7 Å². The summed E-state index contributed by atoms with van der Waals surface area (Å²) >= 11 is 0. The Balaban J connectivity index is 2.88. The molecule has 0 saturated carbocycles. The normalized spacial score (nSPS) is 11.7. The average Bonchev–Trinajstić information content (AvgIpc) is 2.36. The second kappa shape index (κ2) is 6.58. The van der Waals surface area contributed by atoms with E-state index in [1.807, 2.05) is 0 Å². The Morgan fingerprint density at radius 2 is 2.06 bits per heavy atom. The number of nitrogens with zero attached hydrogens (tertiary/aromatic N) is 1. The Labute approximate surface area is 105 Å². The second-order valence-electron chi connectivity index (χ2n) is 3.49. The number of ether oxygens (including phenoxy) is 2. The minimum Gasteiger partial charge on any atom is -0.472 e. The first-order valence-corrected chi connectivity index (χ1v) is 5.66. The van der Waals surface area contributed by atoms with Crippen LogP contribution in [0.4, 0.5) is 5.69 Å². The lowest BCUT2D eigenvalue weighted by Gasteiger charge is -2.15. The Hall–Kier alpha value is -2.11. The molecule has 6 nitrogen and oxygen atoms in total. The smallest absolute Gasteiger partial charge is 0.347 e. The van der Waals surface area contributed by atoms with Crippen LogP contribution in [0.1, 0.15) is 20.3 Å². The first-order valence-electron chi connectivity index (χ1n) is 5.66. The van der Waals surface area contributed by atoms with Crippen molar-refractivity contribution in [3.63, 3.8) is 0 Å². The number of benzene rings is 1. The minimum absolute atomic E-state index is 0.0717. The SMILES string of the molecule is CCOC(=O)[C@H](CC)Oc1ccccc1[N+](=O)[O-]. The molecule has 0 aliphatic heterocycles. The molecule has 18 heavy (non-hydrogen) atoms. The number of rotatable bonds is 6. The third-order valence-electron chi connectivity index (χ3n) is 2.25. The third-order valence-corrected chi connectivity index (χ3v) is 2.25. The quantitative estimate of drug-likeness (QED) is 0.441. The molecule has 1 atom stereocenters. The average molecular weight is 253 g/mol. The van der Waals surface area contributed by atoms with Crippen molar-refractivity contribution in [2.45, 2.75) is 26.4 Å². The molecule has 1 aromatic rings. The summed E-state index contributed by atoms with van der Waals surface area (Å²) in [7, 11) is 0. The highest BCUT2D eigenvalue weighted by Gasteiger charge is 2.23. The van der Waals surface area contributed by atoms with E-state index < -0.39 is 17.0 Å². The molecule has 0 spiro atoms. The monoisotopic (exact) mass is 253 g/mol. The number of esters is 1. The highest BCUT2D eigenvalue weighted by molar-refractivity contribution is 5.75. The van der Waals surface area contributed by atoms with Crippen LogP contribution in [0.2, 0.25) is 0 Å². The van der Waals surface area contributed by atoms with E-state index in [0.29, 0.717) is 6.42 Å². The maximum atomic E-state index is 11.5. The van der Waals surface area contributed by atoms with Gasteiger partial charge in [-0.15, -0.1) is 0 Å². The Morgan fingerprint density at radius 3 is 2.61 bits per heavy atom. The highest BCUT2D eigenvalue weighted by Crippen LogP contribution is 2.27. The van der Waals surface area contributed by atoms with E-state index in [0.717, 1.165) is 0 Å². The molecule has 0 saturated heterocycles. The molecule has 0 aliphatic carbocycles. The van der Waals surface area contributed by atoms with E-state index in [1.165, 1.54) is 18.2 Å². The molecule has 0 unspecified atom stereocenters. The van der Waals surface area contributed by atoms with Crippen LogP contribution in [0.5, 0.6) is 5.75 Å². The molecular formula is C12H15NO5. The van der Waals surface area contributed by atoms with Gasteiger partial charge in [-0.1, -0.05) is 19.1 Å². The lowest BCUT2D eigenvalue weighted by Crippen LogP contribution is -2.28. The van der Waals surface area contributed by atoms with E-state index in [2.05, 4.69) is 0 Å². The summed E-state index contributed by atoms with van der Waals surface area (Å²) in [6.45, 7) is 3.68. The Bertz CT molecular complexity index is 432. The Morgan fingerprint density at radius 1 is 1.39 bits per heavy atom. The molecule has 6 heteroatoms. The number of nitro groups is 1. The zero-order valence-corrected chi connectivity index (χ0v) is 10.3. The van der Waals surface area contributed by atoms with Crippen molar-refractivity contribution in [2.75, 3.05) is 6.61 Å². The molecule has 0 heterocycles. The summed E-state index contributed by atoms with van der Waals surface area (Å²) in [4.78, 5) is 21.8.